The number of benzene rings is 2. The molecule has 178 valence electrons. The molecule has 0 saturated heterocycles. The molecule has 1 amide bonds. The molecule has 0 unspecified atom stereocenters. The molecule has 0 aromatic heterocycles. The van der Waals surface area contributed by atoms with Gasteiger partial charge in [0.1, 0.15) is 0 Å². The van der Waals surface area contributed by atoms with Gasteiger partial charge in [0.2, 0.25) is 10.0 Å². The van der Waals surface area contributed by atoms with Crippen LogP contribution in [-0.4, -0.2) is 54.9 Å². The number of fused-ring (bicyclic) bond motifs is 1. The Morgan fingerprint density at radius 3 is 2.27 bits per heavy atom. The van der Waals surface area contributed by atoms with Gasteiger partial charge in [-0.05, 0) is 43.8 Å². The lowest BCUT2D eigenvalue weighted by Gasteiger charge is -2.22. The predicted octanol–water partition coefficient (Wildman–Crippen LogP) is 2.87. The Bertz CT molecular complexity index is 1160. The number of anilines is 3. The normalized spacial score (nSPS) is 14.4. The van der Waals surface area contributed by atoms with E-state index in [-0.39, 0.29) is 5.91 Å². The number of carbonyl (C=O) groups is 1. The molecule has 2 aromatic rings. The van der Waals surface area contributed by atoms with E-state index in [2.05, 4.69) is 16.0 Å². The maximum Gasteiger partial charge on any atom is 0.258 e. The topological polar surface area (TPSA) is 109 Å². The first-order valence-electron chi connectivity index (χ1n) is 10.5. The van der Waals surface area contributed by atoms with Crippen LogP contribution in [0.2, 0.25) is 0 Å². The zero-order chi connectivity index (χ0) is 24.2. The van der Waals surface area contributed by atoms with Crippen molar-refractivity contribution in [1.82, 2.24) is 5.32 Å². The van der Waals surface area contributed by atoms with E-state index >= 15 is 0 Å². The van der Waals surface area contributed by atoms with Crippen LogP contribution in [0.25, 0.3) is 5.57 Å². The monoisotopic (exact) mass is 474 g/mol. The van der Waals surface area contributed by atoms with Crippen molar-refractivity contribution in [2.75, 3.05) is 55.6 Å². The van der Waals surface area contributed by atoms with E-state index in [9.17, 15) is 13.2 Å². The average molecular weight is 475 g/mol. The molecule has 0 atom stereocenters. The molecule has 1 aliphatic rings. The van der Waals surface area contributed by atoms with Gasteiger partial charge in [0, 0.05) is 36.1 Å². The highest BCUT2D eigenvalue weighted by Crippen LogP contribution is 2.42. The predicted molar refractivity (Wildman–Crippen MR) is 132 cm³/mol. The van der Waals surface area contributed by atoms with Gasteiger partial charge in [0.15, 0.2) is 11.5 Å². The first-order chi connectivity index (χ1) is 15.7. The van der Waals surface area contributed by atoms with Crippen molar-refractivity contribution in [3.05, 3.63) is 47.7 Å². The number of methoxy groups -OCH3 is 2. The van der Waals surface area contributed by atoms with Crippen LogP contribution in [0.5, 0.6) is 11.5 Å². The fourth-order valence-corrected chi connectivity index (χ4v) is 4.64. The summed E-state index contributed by atoms with van der Waals surface area (Å²) in [7, 11) is 1.46. The quantitative estimate of drug-likeness (QED) is 0.454. The molecular formula is C23H30N4O5S. The van der Waals surface area contributed by atoms with Gasteiger partial charge in [-0.3, -0.25) is 9.10 Å². The second kappa shape index (κ2) is 10.1. The Hall–Kier alpha value is -3.24. The molecule has 2 aromatic carbocycles. The molecule has 3 rings (SSSR count). The zero-order valence-electron chi connectivity index (χ0n) is 19.5. The van der Waals surface area contributed by atoms with Gasteiger partial charge in [0.05, 0.1) is 37.4 Å². The van der Waals surface area contributed by atoms with E-state index in [0.717, 1.165) is 16.9 Å². The smallest absolute Gasteiger partial charge is 0.258 e. The van der Waals surface area contributed by atoms with Crippen molar-refractivity contribution >= 4 is 38.6 Å². The fraction of sp³-hybridized carbons (Fsp3) is 0.348. The first kappa shape index (κ1) is 24.4. The lowest BCUT2D eigenvalue weighted by molar-refractivity contribution is -0.110. The number of nitrogens with one attached hydrogen (secondary N) is 3. The number of ether oxygens (including phenoxy) is 2. The zero-order valence-corrected chi connectivity index (χ0v) is 20.3. The minimum Gasteiger partial charge on any atom is -0.493 e. The van der Waals surface area contributed by atoms with Gasteiger partial charge in [-0.15, -0.1) is 0 Å². The van der Waals surface area contributed by atoms with Crippen molar-refractivity contribution in [2.45, 2.75) is 13.3 Å². The average Bonchev–Trinajstić information content (AvgIpc) is 3.11. The number of amides is 1. The molecule has 0 radical (unpaired) electrons. The Morgan fingerprint density at radius 2 is 1.73 bits per heavy atom. The largest absolute Gasteiger partial charge is 0.493 e. The minimum absolute atomic E-state index is 0.211. The van der Waals surface area contributed by atoms with Crippen LogP contribution in [0.1, 0.15) is 18.9 Å². The Labute approximate surface area is 194 Å². The van der Waals surface area contributed by atoms with Gasteiger partial charge in [-0.2, -0.15) is 0 Å². The molecular weight excluding hydrogens is 444 g/mol. The molecule has 1 heterocycles. The highest BCUT2D eigenvalue weighted by Gasteiger charge is 2.29. The lowest BCUT2D eigenvalue weighted by Crippen LogP contribution is -2.35. The first-order valence-corrected chi connectivity index (χ1v) is 12.4. The molecule has 0 aliphatic carbocycles. The van der Waals surface area contributed by atoms with Gasteiger partial charge in [0.25, 0.3) is 5.91 Å². The van der Waals surface area contributed by atoms with E-state index in [1.54, 1.807) is 57.7 Å². The molecule has 0 fully saturated rings. The Balaban J connectivity index is 1.94. The van der Waals surface area contributed by atoms with Gasteiger partial charge in [-0.1, -0.05) is 6.92 Å². The van der Waals surface area contributed by atoms with Crippen LogP contribution in [-0.2, 0) is 14.8 Å². The maximum absolute atomic E-state index is 12.8. The second-order valence-electron chi connectivity index (χ2n) is 7.52. The highest BCUT2D eigenvalue weighted by molar-refractivity contribution is 7.92. The van der Waals surface area contributed by atoms with Crippen LogP contribution in [0, 0.1) is 0 Å². The van der Waals surface area contributed by atoms with Crippen LogP contribution < -0.4 is 29.7 Å². The van der Waals surface area contributed by atoms with Crippen molar-refractivity contribution < 1.29 is 22.7 Å². The third kappa shape index (κ3) is 5.23. The summed E-state index contributed by atoms with van der Waals surface area (Å²) in [5, 5.41) is 9.17. The summed E-state index contributed by atoms with van der Waals surface area (Å²) in [5.41, 5.74) is 3.97. The van der Waals surface area contributed by atoms with E-state index in [0.29, 0.717) is 48.0 Å². The number of hydrogen-bond acceptors (Lipinski definition) is 7. The summed E-state index contributed by atoms with van der Waals surface area (Å²) in [5.74, 6) is 0.859. The van der Waals surface area contributed by atoms with E-state index in [4.69, 9.17) is 9.47 Å². The van der Waals surface area contributed by atoms with Crippen LogP contribution in [0.3, 0.4) is 0 Å². The summed E-state index contributed by atoms with van der Waals surface area (Å²) in [6.45, 7) is 2.81. The maximum atomic E-state index is 12.8. The van der Waals surface area contributed by atoms with Gasteiger partial charge in [-0.25, -0.2) is 8.42 Å². The van der Waals surface area contributed by atoms with E-state index in [1.165, 1.54) is 10.6 Å². The number of allylic oxidation sites excluding steroid dienone is 1. The van der Waals surface area contributed by atoms with Crippen molar-refractivity contribution in [2.24, 2.45) is 0 Å². The minimum atomic E-state index is -3.41. The second-order valence-corrected chi connectivity index (χ2v) is 9.43. The number of rotatable bonds is 10. The molecule has 33 heavy (non-hydrogen) atoms. The van der Waals surface area contributed by atoms with Crippen LogP contribution in [0.4, 0.5) is 17.1 Å². The molecule has 0 spiro atoms. The van der Waals surface area contributed by atoms with Crippen molar-refractivity contribution in [3.8, 4) is 11.5 Å². The molecule has 10 heteroatoms. The third-order valence-corrected chi connectivity index (χ3v) is 6.53. The van der Waals surface area contributed by atoms with Gasteiger partial charge < -0.3 is 25.4 Å². The number of nitrogens with zero attached hydrogens (tertiary/aromatic N) is 1. The number of hydrogen-bond donors (Lipinski definition) is 3. The van der Waals surface area contributed by atoms with Gasteiger partial charge >= 0.3 is 0 Å². The summed E-state index contributed by atoms with van der Waals surface area (Å²) < 4.78 is 36.5. The summed E-state index contributed by atoms with van der Waals surface area (Å²) in [4.78, 5) is 12.8. The van der Waals surface area contributed by atoms with Crippen LogP contribution in [0.15, 0.2) is 42.1 Å². The van der Waals surface area contributed by atoms with Crippen LogP contribution >= 0.6 is 0 Å². The summed E-state index contributed by atoms with van der Waals surface area (Å²) in [6.07, 6.45) is 1.77. The summed E-state index contributed by atoms with van der Waals surface area (Å²) in [6, 6.07) is 10.6. The van der Waals surface area contributed by atoms with Crippen molar-refractivity contribution in [1.29, 1.82) is 0 Å². The number of sulfonamides is 1. The SMILES string of the molecule is CCC(Nc1ccc(N(CCNC)S(C)(=O)=O)cc1)=C1C(=O)Nc2cc(OC)c(OC)cc21. The number of carbonyl (C=O) groups excluding carboxylic acids is 1. The Kier molecular flexibility index (Phi) is 7.50. The molecule has 9 nitrogen and oxygen atoms in total. The standard InChI is InChI=1S/C23H30N4O5S/c1-6-18(22-17-13-20(31-3)21(32-4)14-19(17)26-23(22)28)25-15-7-9-16(10-8-15)27(12-11-24-2)33(5,29)30/h7-10,13-14,24-25H,6,11-12H2,1-5H3,(H,26,28). The molecule has 1 aliphatic heterocycles. The molecule has 3 N–H and O–H groups in total. The third-order valence-electron chi connectivity index (χ3n) is 5.34. The summed E-state index contributed by atoms with van der Waals surface area (Å²) >= 11 is 0. The fourth-order valence-electron chi connectivity index (χ4n) is 3.71. The molecule has 0 bridgehead atoms. The van der Waals surface area contributed by atoms with E-state index < -0.39 is 10.0 Å². The number of likely N-dealkylation sites (N-methyl/N-ethyl adjacent to an activating group) is 1. The lowest BCUT2D eigenvalue weighted by atomic mass is 10.0. The molecule has 0 saturated carbocycles. The van der Waals surface area contributed by atoms with E-state index in [1.807, 2.05) is 6.92 Å². The van der Waals surface area contributed by atoms with Crippen molar-refractivity contribution in [3.63, 3.8) is 0 Å². The highest BCUT2D eigenvalue weighted by atomic mass is 32.2. The Morgan fingerprint density at radius 1 is 1.09 bits per heavy atom.